The van der Waals surface area contributed by atoms with Crippen molar-refractivity contribution in [3.05, 3.63) is 40.1 Å². The van der Waals surface area contributed by atoms with Crippen LogP contribution in [0.2, 0.25) is 0 Å². The molecule has 7 nitrogen and oxygen atoms in total. The third-order valence-corrected chi connectivity index (χ3v) is 6.63. The first-order valence-electron chi connectivity index (χ1n) is 11.1. The Morgan fingerprint density at radius 2 is 2.03 bits per heavy atom. The lowest BCUT2D eigenvalue weighted by atomic mass is 9.89. The van der Waals surface area contributed by atoms with E-state index >= 15 is 0 Å². The van der Waals surface area contributed by atoms with Crippen molar-refractivity contribution in [1.29, 1.82) is 0 Å². The molecule has 8 heteroatoms. The van der Waals surface area contributed by atoms with E-state index in [4.69, 9.17) is 9.47 Å². The molecule has 2 amide bonds. The molecule has 31 heavy (non-hydrogen) atoms. The molecule has 2 aliphatic heterocycles. The lowest BCUT2D eigenvalue weighted by Crippen LogP contribution is -2.57. The number of nitrogens with zero attached hydrogens (tertiary/aromatic N) is 2. The monoisotopic (exact) mass is 491 g/mol. The predicted octanol–water partition coefficient (Wildman–Crippen LogP) is 2.41. The number of fused-ring (bicyclic) bond motifs is 1. The average Bonchev–Trinajstić information content (AvgIpc) is 2.77. The van der Waals surface area contributed by atoms with Gasteiger partial charge >= 0.3 is 0 Å². The Balaban J connectivity index is 1.41. The molecular weight excluding hydrogens is 462 g/mol. The van der Waals surface area contributed by atoms with Gasteiger partial charge in [-0.25, -0.2) is 0 Å². The molecule has 2 heterocycles. The minimum Gasteiger partial charge on any atom is -0.482 e. The molecule has 2 atom stereocenters. The third-order valence-electron chi connectivity index (χ3n) is 6.13. The number of hydrogen-bond acceptors (Lipinski definition) is 5. The lowest BCUT2D eigenvalue weighted by molar-refractivity contribution is -0.151. The number of halogens is 1. The Labute approximate surface area is 191 Å². The summed E-state index contributed by atoms with van der Waals surface area (Å²) in [6, 6.07) is 7.71. The van der Waals surface area contributed by atoms with Crippen LogP contribution in [0.5, 0.6) is 0 Å². The van der Waals surface area contributed by atoms with Gasteiger partial charge in [-0.3, -0.25) is 14.5 Å². The number of hydrogen-bond donors (Lipinski definition) is 1. The smallest absolute Gasteiger partial charge is 0.289 e. The molecule has 168 valence electrons. The largest absolute Gasteiger partial charge is 0.482 e. The van der Waals surface area contributed by atoms with E-state index in [0.29, 0.717) is 12.3 Å². The van der Waals surface area contributed by atoms with Crippen LogP contribution in [0.15, 0.2) is 34.5 Å². The van der Waals surface area contributed by atoms with Crippen molar-refractivity contribution in [1.82, 2.24) is 15.1 Å². The van der Waals surface area contributed by atoms with Gasteiger partial charge in [0.05, 0.1) is 19.3 Å². The predicted molar refractivity (Wildman–Crippen MR) is 121 cm³/mol. The highest BCUT2D eigenvalue weighted by atomic mass is 79.9. The maximum atomic E-state index is 13.2. The molecule has 2 saturated heterocycles. The van der Waals surface area contributed by atoms with Gasteiger partial charge in [-0.15, -0.1) is 0 Å². The average molecular weight is 492 g/mol. The van der Waals surface area contributed by atoms with Gasteiger partial charge in [0.15, 0.2) is 5.76 Å². The van der Waals surface area contributed by atoms with E-state index in [0.717, 1.165) is 68.6 Å². The maximum absolute atomic E-state index is 13.2. The molecular formula is C23H30BrN3O4. The summed E-state index contributed by atoms with van der Waals surface area (Å²) in [5.74, 6) is 0.00320. The molecule has 2 unspecified atom stereocenters. The Hall–Kier alpha value is -1.90. The number of benzene rings is 1. The second kappa shape index (κ2) is 10.6. The highest BCUT2D eigenvalue weighted by Gasteiger charge is 2.42. The molecule has 1 N–H and O–H groups in total. The van der Waals surface area contributed by atoms with Crippen molar-refractivity contribution in [2.45, 2.75) is 37.8 Å². The summed E-state index contributed by atoms with van der Waals surface area (Å²) < 4.78 is 12.4. The lowest BCUT2D eigenvalue weighted by Gasteiger charge is -2.44. The van der Waals surface area contributed by atoms with Crippen molar-refractivity contribution in [3.8, 4) is 0 Å². The number of carbonyl (C=O) groups is 2. The van der Waals surface area contributed by atoms with Crippen molar-refractivity contribution in [2.24, 2.45) is 0 Å². The highest BCUT2D eigenvalue weighted by Crippen LogP contribution is 2.33. The number of ether oxygens (including phenoxy) is 2. The maximum Gasteiger partial charge on any atom is 0.289 e. The van der Waals surface area contributed by atoms with Crippen LogP contribution in [0, 0.1) is 0 Å². The fourth-order valence-corrected chi connectivity index (χ4v) is 4.92. The number of carbonyl (C=O) groups excluding carboxylic acids is 2. The number of amides is 2. The molecule has 0 aromatic heterocycles. The highest BCUT2D eigenvalue weighted by molar-refractivity contribution is 9.10. The van der Waals surface area contributed by atoms with Crippen LogP contribution in [-0.2, 0) is 19.1 Å². The summed E-state index contributed by atoms with van der Waals surface area (Å²) in [7, 11) is 0. The molecule has 1 aliphatic carbocycles. The Kier molecular flexibility index (Phi) is 7.63. The van der Waals surface area contributed by atoms with E-state index in [1.54, 1.807) is 11.0 Å². The number of nitrogens with one attached hydrogen (secondary N) is 1. The second-order valence-electron chi connectivity index (χ2n) is 8.31. The molecule has 1 saturated carbocycles. The van der Waals surface area contributed by atoms with Gasteiger partial charge in [0, 0.05) is 30.7 Å². The summed E-state index contributed by atoms with van der Waals surface area (Å²) in [6.07, 6.45) is 5.65. The van der Waals surface area contributed by atoms with Gasteiger partial charge < -0.3 is 19.7 Å². The first-order valence-corrected chi connectivity index (χ1v) is 11.9. The molecule has 3 fully saturated rings. The van der Waals surface area contributed by atoms with Gasteiger partial charge in [0.1, 0.15) is 12.6 Å². The van der Waals surface area contributed by atoms with E-state index in [1.807, 2.05) is 24.3 Å². The zero-order chi connectivity index (χ0) is 21.6. The van der Waals surface area contributed by atoms with Gasteiger partial charge in [-0.05, 0) is 43.0 Å². The van der Waals surface area contributed by atoms with E-state index in [1.165, 1.54) is 0 Å². The van der Waals surface area contributed by atoms with Crippen molar-refractivity contribution in [2.75, 3.05) is 45.9 Å². The molecule has 0 bridgehead atoms. The normalized spacial score (nSPS) is 25.8. The third kappa shape index (κ3) is 5.87. The van der Waals surface area contributed by atoms with Crippen LogP contribution < -0.4 is 5.32 Å². The van der Waals surface area contributed by atoms with Gasteiger partial charge in [0.2, 0.25) is 5.91 Å². The van der Waals surface area contributed by atoms with Gasteiger partial charge in [0.25, 0.3) is 5.91 Å². The molecule has 3 aliphatic rings. The van der Waals surface area contributed by atoms with Crippen LogP contribution in [0.4, 0.5) is 0 Å². The quantitative estimate of drug-likeness (QED) is 0.618. The van der Waals surface area contributed by atoms with E-state index in [9.17, 15) is 9.59 Å². The molecule has 0 spiro atoms. The minimum atomic E-state index is -0.202. The van der Waals surface area contributed by atoms with Crippen molar-refractivity contribution in [3.63, 3.8) is 0 Å². The summed E-state index contributed by atoms with van der Waals surface area (Å²) in [4.78, 5) is 29.9. The first-order chi connectivity index (χ1) is 15.1. The van der Waals surface area contributed by atoms with Crippen LogP contribution >= 0.6 is 15.9 Å². The Morgan fingerprint density at radius 3 is 2.84 bits per heavy atom. The molecule has 4 rings (SSSR count). The van der Waals surface area contributed by atoms with Crippen LogP contribution in [-0.4, -0.2) is 79.7 Å². The van der Waals surface area contributed by atoms with Gasteiger partial charge in [-0.2, -0.15) is 0 Å². The standard InChI is InChI=1S/C23H30BrN3O4/c24-18-5-3-4-17(14-18)15-21-23(29)27(19-6-1-2-7-20(19)31-21)16-22(28)25-8-9-26-10-12-30-13-11-26/h3-5,14-15,19-20H,1-2,6-13,16H2,(H,25,28)/b21-15+. The van der Waals surface area contributed by atoms with Gasteiger partial charge in [-0.1, -0.05) is 34.5 Å². The minimum absolute atomic E-state index is 0.0362. The Morgan fingerprint density at radius 1 is 1.23 bits per heavy atom. The Bertz CT molecular complexity index is 825. The van der Waals surface area contributed by atoms with E-state index in [2.05, 4.69) is 26.1 Å². The first kappa shape index (κ1) is 22.3. The number of rotatable bonds is 6. The van der Waals surface area contributed by atoms with Crippen LogP contribution in [0.25, 0.3) is 6.08 Å². The second-order valence-corrected chi connectivity index (χ2v) is 9.22. The van der Waals surface area contributed by atoms with E-state index in [-0.39, 0.29) is 30.5 Å². The zero-order valence-electron chi connectivity index (χ0n) is 17.7. The van der Waals surface area contributed by atoms with Crippen molar-refractivity contribution >= 4 is 33.8 Å². The topological polar surface area (TPSA) is 71.1 Å². The molecule has 1 aromatic carbocycles. The summed E-state index contributed by atoms with van der Waals surface area (Å²) in [5, 5.41) is 2.98. The molecule has 0 radical (unpaired) electrons. The summed E-state index contributed by atoms with van der Waals surface area (Å²) in [6.45, 7) is 4.72. The fourth-order valence-electron chi connectivity index (χ4n) is 4.50. The van der Waals surface area contributed by atoms with E-state index < -0.39 is 0 Å². The zero-order valence-corrected chi connectivity index (χ0v) is 19.3. The number of morpholine rings is 2. The van der Waals surface area contributed by atoms with Crippen molar-refractivity contribution < 1.29 is 19.1 Å². The summed E-state index contributed by atoms with van der Waals surface area (Å²) in [5.41, 5.74) is 0.891. The van der Waals surface area contributed by atoms with Crippen LogP contribution in [0.1, 0.15) is 31.2 Å². The molecule has 1 aromatic rings. The van der Waals surface area contributed by atoms with Crippen LogP contribution in [0.3, 0.4) is 0 Å². The summed E-state index contributed by atoms with van der Waals surface area (Å²) >= 11 is 3.47. The fraction of sp³-hybridized carbons (Fsp3) is 0.565. The SMILES string of the molecule is O=C(CN1C(=O)/C(=C\c2cccc(Br)c2)OC2CCCCC21)NCCN1CCOCC1.